The lowest BCUT2D eigenvalue weighted by atomic mass is 10.1. The lowest BCUT2D eigenvalue weighted by Crippen LogP contribution is -2.23. The van der Waals surface area contributed by atoms with Gasteiger partial charge in [0, 0.05) is 13.1 Å². The molecule has 4 N–H and O–H groups in total. The van der Waals surface area contributed by atoms with E-state index in [-0.39, 0.29) is 0 Å². The molecule has 1 unspecified atom stereocenters. The fourth-order valence-electron chi connectivity index (χ4n) is 2.36. The summed E-state index contributed by atoms with van der Waals surface area (Å²) in [5.41, 5.74) is 2.44. The van der Waals surface area contributed by atoms with Crippen molar-refractivity contribution in [3.63, 3.8) is 0 Å². The van der Waals surface area contributed by atoms with Crippen LogP contribution in [-0.2, 0) is 0 Å². The fourth-order valence-corrected chi connectivity index (χ4v) is 2.36. The van der Waals surface area contributed by atoms with Crippen molar-refractivity contribution in [3.8, 4) is 6.01 Å². The zero-order chi connectivity index (χ0) is 15.1. The number of nitrogens with zero attached hydrogens (tertiary/aromatic N) is 4. The second-order valence-corrected chi connectivity index (χ2v) is 5.19. The van der Waals surface area contributed by atoms with Gasteiger partial charge in [-0.1, -0.05) is 13.8 Å². The average molecular weight is 295 g/mol. The largest absolute Gasteiger partial charge is 0.463 e. The molecule has 0 radical (unpaired) electrons. The fraction of sp³-hybridized carbons (Fsp3) is 0.769. The Kier molecular flexibility index (Phi) is 5.94. The van der Waals surface area contributed by atoms with Crippen molar-refractivity contribution in [1.29, 1.82) is 0 Å². The van der Waals surface area contributed by atoms with Gasteiger partial charge in [0.05, 0.1) is 6.61 Å². The summed E-state index contributed by atoms with van der Waals surface area (Å²) >= 11 is 0. The van der Waals surface area contributed by atoms with E-state index in [1.54, 1.807) is 0 Å². The van der Waals surface area contributed by atoms with Crippen LogP contribution >= 0.6 is 0 Å². The van der Waals surface area contributed by atoms with Crippen molar-refractivity contribution in [2.24, 2.45) is 11.8 Å². The molecule has 1 aromatic rings. The highest BCUT2D eigenvalue weighted by atomic mass is 16.5. The van der Waals surface area contributed by atoms with Crippen LogP contribution in [0.5, 0.6) is 6.01 Å². The number of hydrazine groups is 1. The number of hydrogen-bond donors (Lipinski definition) is 3. The van der Waals surface area contributed by atoms with Crippen molar-refractivity contribution >= 4 is 11.9 Å². The standard InChI is InChI=1S/C13H25N7O/c1-3-7-21-13-17-11(16-12(18-13)19-14)15-8-10-5-6-20(4-2)9-10/h10H,3-9,14H2,1-2H3,(H2,15,16,17,18,19). The summed E-state index contributed by atoms with van der Waals surface area (Å²) in [6, 6.07) is 0.295. The molecule has 21 heavy (non-hydrogen) atoms. The smallest absolute Gasteiger partial charge is 0.323 e. The quantitative estimate of drug-likeness (QED) is 0.476. The molecule has 0 saturated carbocycles. The zero-order valence-electron chi connectivity index (χ0n) is 12.8. The number of anilines is 2. The van der Waals surface area contributed by atoms with E-state index in [2.05, 4.69) is 37.5 Å². The average Bonchev–Trinajstić information content (AvgIpc) is 2.98. The maximum Gasteiger partial charge on any atom is 0.323 e. The number of rotatable bonds is 8. The molecule has 8 heteroatoms. The van der Waals surface area contributed by atoms with E-state index in [1.807, 2.05) is 6.92 Å². The first-order valence-corrected chi connectivity index (χ1v) is 7.56. The third-order valence-electron chi connectivity index (χ3n) is 3.55. The lowest BCUT2D eigenvalue weighted by molar-refractivity contribution is 0.292. The Morgan fingerprint density at radius 2 is 2.10 bits per heavy atom. The number of nitrogen functional groups attached to an aromatic ring is 1. The Bertz CT molecular complexity index is 443. The minimum atomic E-state index is 0.295. The lowest BCUT2D eigenvalue weighted by Gasteiger charge is -2.14. The maximum absolute atomic E-state index is 5.44. The number of nitrogens with two attached hydrogens (primary N) is 1. The third-order valence-corrected chi connectivity index (χ3v) is 3.55. The number of aromatic nitrogens is 3. The molecule has 1 aliphatic rings. The SMILES string of the molecule is CCCOc1nc(NN)nc(NCC2CCN(CC)C2)n1. The van der Waals surface area contributed by atoms with Crippen LogP contribution in [0.25, 0.3) is 0 Å². The molecule has 118 valence electrons. The Morgan fingerprint density at radius 3 is 2.76 bits per heavy atom. The monoisotopic (exact) mass is 295 g/mol. The number of nitrogens with one attached hydrogen (secondary N) is 2. The van der Waals surface area contributed by atoms with Crippen LogP contribution in [0.1, 0.15) is 26.7 Å². The summed E-state index contributed by atoms with van der Waals surface area (Å²) in [6.45, 7) is 9.04. The van der Waals surface area contributed by atoms with E-state index in [1.165, 1.54) is 13.0 Å². The first kappa shape index (κ1) is 15.7. The molecule has 1 aromatic heterocycles. The van der Waals surface area contributed by atoms with E-state index in [0.717, 1.165) is 26.1 Å². The summed E-state index contributed by atoms with van der Waals surface area (Å²) in [5, 5.41) is 3.26. The normalized spacial score (nSPS) is 18.7. The summed E-state index contributed by atoms with van der Waals surface area (Å²) < 4.78 is 5.44. The summed E-state index contributed by atoms with van der Waals surface area (Å²) in [6.07, 6.45) is 2.10. The van der Waals surface area contributed by atoms with E-state index in [4.69, 9.17) is 10.6 Å². The van der Waals surface area contributed by atoms with Gasteiger partial charge in [0.15, 0.2) is 0 Å². The molecule has 0 amide bonds. The predicted molar refractivity (Wildman–Crippen MR) is 82.1 cm³/mol. The van der Waals surface area contributed by atoms with Gasteiger partial charge in [0.25, 0.3) is 0 Å². The minimum absolute atomic E-state index is 0.295. The molecule has 0 aliphatic carbocycles. The number of ether oxygens (including phenoxy) is 1. The molecular formula is C13H25N7O. The van der Waals surface area contributed by atoms with Crippen molar-refractivity contribution in [1.82, 2.24) is 19.9 Å². The van der Waals surface area contributed by atoms with Crippen molar-refractivity contribution in [2.75, 3.05) is 43.5 Å². The van der Waals surface area contributed by atoms with Gasteiger partial charge in [-0.25, -0.2) is 5.84 Å². The number of likely N-dealkylation sites (tertiary alicyclic amines) is 1. The molecule has 8 nitrogen and oxygen atoms in total. The van der Waals surface area contributed by atoms with Gasteiger partial charge in [-0.3, -0.25) is 5.43 Å². The first-order valence-electron chi connectivity index (χ1n) is 7.56. The van der Waals surface area contributed by atoms with Crippen molar-refractivity contribution in [2.45, 2.75) is 26.7 Å². The van der Waals surface area contributed by atoms with Gasteiger partial charge in [-0.15, -0.1) is 0 Å². The Morgan fingerprint density at radius 1 is 1.29 bits per heavy atom. The molecule has 2 heterocycles. The van der Waals surface area contributed by atoms with Crippen molar-refractivity contribution < 1.29 is 4.74 Å². The van der Waals surface area contributed by atoms with E-state index in [9.17, 15) is 0 Å². The van der Waals surface area contributed by atoms with E-state index < -0.39 is 0 Å². The highest BCUT2D eigenvalue weighted by Gasteiger charge is 2.21. The van der Waals surface area contributed by atoms with Crippen molar-refractivity contribution in [3.05, 3.63) is 0 Å². The highest BCUT2D eigenvalue weighted by Crippen LogP contribution is 2.17. The van der Waals surface area contributed by atoms with Gasteiger partial charge in [-0.2, -0.15) is 15.0 Å². The topological polar surface area (TPSA) is 101 Å². The van der Waals surface area contributed by atoms with Gasteiger partial charge in [0.1, 0.15) is 0 Å². The molecule has 1 saturated heterocycles. The predicted octanol–water partition coefficient (Wildman–Crippen LogP) is 0.700. The van der Waals surface area contributed by atoms with Gasteiger partial charge in [-0.05, 0) is 31.8 Å². The molecule has 2 rings (SSSR count). The van der Waals surface area contributed by atoms with Crippen LogP contribution in [0.2, 0.25) is 0 Å². The van der Waals surface area contributed by atoms with Gasteiger partial charge < -0.3 is 15.0 Å². The molecule has 1 fully saturated rings. The third kappa shape index (κ3) is 4.68. The molecule has 0 aromatic carbocycles. The zero-order valence-corrected chi connectivity index (χ0v) is 12.8. The summed E-state index contributed by atoms with van der Waals surface area (Å²) in [5.74, 6) is 6.80. The highest BCUT2D eigenvalue weighted by molar-refractivity contribution is 5.34. The van der Waals surface area contributed by atoms with Crippen LogP contribution in [0.3, 0.4) is 0 Å². The van der Waals surface area contributed by atoms with Crippen LogP contribution in [0, 0.1) is 5.92 Å². The number of hydrogen-bond acceptors (Lipinski definition) is 8. The maximum atomic E-state index is 5.44. The molecular weight excluding hydrogens is 270 g/mol. The second kappa shape index (κ2) is 7.94. The second-order valence-electron chi connectivity index (χ2n) is 5.19. The van der Waals surface area contributed by atoms with Crippen LogP contribution in [0.4, 0.5) is 11.9 Å². The Labute approximate surface area is 125 Å². The van der Waals surface area contributed by atoms with Crippen LogP contribution < -0.4 is 21.3 Å². The van der Waals surface area contributed by atoms with E-state index in [0.29, 0.717) is 30.4 Å². The summed E-state index contributed by atoms with van der Waals surface area (Å²) in [4.78, 5) is 15.0. The molecule has 1 atom stereocenters. The molecule has 0 bridgehead atoms. The molecule has 0 spiro atoms. The Balaban J connectivity index is 1.92. The van der Waals surface area contributed by atoms with Crippen LogP contribution in [-0.4, -0.2) is 52.6 Å². The van der Waals surface area contributed by atoms with Crippen LogP contribution in [0.15, 0.2) is 0 Å². The molecule has 1 aliphatic heterocycles. The first-order chi connectivity index (χ1) is 10.2. The summed E-state index contributed by atoms with van der Waals surface area (Å²) in [7, 11) is 0. The van der Waals surface area contributed by atoms with E-state index >= 15 is 0 Å². The Hall–Kier alpha value is -1.67. The van der Waals surface area contributed by atoms with Gasteiger partial charge >= 0.3 is 6.01 Å². The minimum Gasteiger partial charge on any atom is -0.463 e. The van der Waals surface area contributed by atoms with Gasteiger partial charge in [0.2, 0.25) is 11.9 Å².